The third kappa shape index (κ3) is 3.95. The van der Waals surface area contributed by atoms with Crippen LogP contribution in [-0.4, -0.2) is 22.9 Å². The van der Waals surface area contributed by atoms with Crippen LogP contribution >= 0.6 is 0 Å². The second kappa shape index (κ2) is 6.52. The summed E-state index contributed by atoms with van der Waals surface area (Å²) in [4.78, 5) is 21.8. The van der Waals surface area contributed by atoms with Gasteiger partial charge in [-0.1, -0.05) is 0 Å². The molecule has 1 rings (SSSR count). The number of rotatable bonds is 5. The Morgan fingerprint density at radius 1 is 1.40 bits per heavy atom. The number of nitrogens with zero attached hydrogens (tertiary/aromatic N) is 2. The molecule has 0 saturated heterocycles. The van der Waals surface area contributed by atoms with Gasteiger partial charge in [0.2, 0.25) is 5.91 Å². The second-order valence-electron chi connectivity index (χ2n) is 4.63. The normalized spacial score (nSPS) is 11.6. The maximum absolute atomic E-state index is 11.7. The molecule has 0 bridgehead atoms. The first-order valence-electron chi connectivity index (χ1n) is 6.10. The summed E-state index contributed by atoms with van der Waals surface area (Å²) in [6, 6.07) is 5.36. The number of carbonyl (C=O) groups excluding carboxylic acids is 1. The Hall–Kier alpha value is -2.62. The minimum Gasteiger partial charge on any atom is -0.374 e. The lowest BCUT2D eigenvalue weighted by Gasteiger charge is -2.17. The number of anilines is 1. The molecule has 0 aliphatic heterocycles. The lowest BCUT2D eigenvalue weighted by atomic mass is 10.1. The molecule has 0 radical (unpaired) electrons. The van der Waals surface area contributed by atoms with Gasteiger partial charge in [0.25, 0.3) is 5.69 Å². The Balaban J connectivity index is 2.86. The molecule has 0 aromatic heterocycles. The number of carbonyl (C=O) groups is 1. The average molecular weight is 276 g/mol. The van der Waals surface area contributed by atoms with Gasteiger partial charge in [-0.2, -0.15) is 5.26 Å². The summed E-state index contributed by atoms with van der Waals surface area (Å²) in [6.45, 7) is 5.37. The van der Waals surface area contributed by atoms with Crippen LogP contribution in [0.4, 0.5) is 11.4 Å². The molecule has 0 aliphatic rings. The van der Waals surface area contributed by atoms with Crippen LogP contribution in [0, 0.1) is 21.4 Å². The summed E-state index contributed by atoms with van der Waals surface area (Å²) in [5, 5.41) is 25.3. The number of hydrogen-bond acceptors (Lipinski definition) is 5. The van der Waals surface area contributed by atoms with Gasteiger partial charge in [0.05, 0.1) is 4.92 Å². The van der Waals surface area contributed by atoms with Gasteiger partial charge in [0.1, 0.15) is 17.7 Å². The van der Waals surface area contributed by atoms with Crippen LogP contribution in [0.3, 0.4) is 0 Å². The molecule has 1 amide bonds. The minimum absolute atomic E-state index is 0.0262. The summed E-state index contributed by atoms with van der Waals surface area (Å²) < 4.78 is 0. The molecule has 20 heavy (non-hydrogen) atoms. The van der Waals surface area contributed by atoms with E-state index < -0.39 is 11.0 Å². The molecular formula is C13H16N4O3. The molecule has 1 atom stereocenters. The highest BCUT2D eigenvalue weighted by Gasteiger charge is 2.17. The predicted molar refractivity (Wildman–Crippen MR) is 74.2 cm³/mol. The van der Waals surface area contributed by atoms with E-state index in [1.54, 1.807) is 13.0 Å². The van der Waals surface area contributed by atoms with Crippen LogP contribution < -0.4 is 10.6 Å². The summed E-state index contributed by atoms with van der Waals surface area (Å²) in [7, 11) is 0. The first-order chi connectivity index (χ1) is 9.35. The highest BCUT2D eigenvalue weighted by atomic mass is 16.6. The number of nitriles is 1. The number of benzene rings is 1. The predicted octanol–water partition coefficient (Wildman–Crippen LogP) is 1.79. The van der Waals surface area contributed by atoms with Crippen molar-refractivity contribution in [1.82, 2.24) is 5.32 Å². The molecule has 7 heteroatoms. The van der Waals surface area contributed by atoms with E-state index in [2.05, 4.69) is 10.6 Å². The maximum atomic E-state index is 11.7. The standard InChI is InChI=1S/C13H16N4O3/c1-8(2)15-13(18)9(3)16-11-4-5-12(17(19)20)10(6-11)7-14/h4-6,8-9,16H,1-3H3,(H,15,18). The van der Waals surface area contributed by atoms with Crippen LogP contribution in [0.25, 0.3) is 0 Å². The molecule has 106 valence electrons. The Morgan fingerprint density at radius 3 is 2.55 bits per heavy atom. The molecule has 7 nitrogen and oxygen atoms in total. The topological polar surface area (TPSA) is 108 Å². The van der Waals surface area contributed by atoms with Crippen molar-refractivity contribution < 1.29 is 9.72 Å². The molecular weight excluding hydrogens is 260 g/mol. The third-order valence-electron chi connectivity index (χ3n) is 2.52. The quantitative estimate of drug-likeness (QED) is 0.629. The number of nitro benzene ring substituents is 1. The largest absolute Gasteiger partial charge is 0.374 e. The zero-order valence-corrected chi connectivity index (χ0v) is 11.5. The Morgan fingerprint density at radius 2 is 2.05 bits per heavy atom. The van der Waals surface area contributed by atoms with E-state index >= 15 is 0 Å². The molecule has 1 aromatic rings. The minimum atomic E-state index is -0.614. The average Bonchev–Trinajstić information content (AvgIpc) is 2.37. The number of nitro groups is 1. The summed E-state index contributed by atoms with van der Waals surface area (Å²) in [6.07, 6.45) is 0. The molecule has 0 saturated carbocycles. The molecule has 0 heterocycles. The highest BCUT2D eigenvalue weighted by molar-refractivity contribution is 5.84. The maximum Gasteiger partial charge on any atom is 0.287 e. The Kier molecular flexibility index (Phi) is 5.03. The van der Waals surface area contributed by atoms with E-state index in [4.69, 9.17) is 5.26 Å². The van der Waals surface area contributed by atoms with E-state index in [9.17, 15) is 14.9 Å². The van der Waals surface area contributed by atoms with Crippen molar-refractivity contribution in [1.29, 1.82) is 5.26 Å². The van der Waals surface area contributed by atoms with Gasteiger partial charge in [-0.15, -0.1) is 0 Å². The molecule has 0 aliphatic carbocycles. The lowest BCUT2D eigenvalue weighted by Crippen LogP contribution is -2.40. The van der Waals surface area contributed by atoms with Gasteiger partial charge in [0.15, 0.2) is 0 Å². The monoisotopic (exact) mass is 276 g/mol. The Labute approximate surface area is 116 Å². The van der Waals surface area contributed by atoms with E-state index in [0.717, 1.165) is 0 Å². The van der Waals surface area contributed by atoms with E-state index in [1.807, 2.05) is 13.8 Å². The summed E-state index contributed by atoms with van der Waals surface area (Å²) in [5.74, 6) is -0.183. The van der Waals surface area contributed by atoms with Gasteiger partial charge < -0.3 is 10.6 Å². The van der Waals surface area contributed by atoms with Crippen LogP contribution in [0.1, 0.15) is 26.3 Å². The van der Waals surface area contributed by atoms with Crippen LogP contribution in [0.15, 0.2) is 18.2 Å². The van der Waals surface area contributed by atoms with Gasteiger partial charge in [-0.05, 0) is 32.9 Å². The van der Waals surface area contributed by atoms with E-state index in [0.29, 0.717) is 5.69 Å². The molecule has 1 unspecified atom stereocenters. The van der Waals surface area contributed by atoms with Crippen LogP contribution in [0.5, 0.6) is 0 Å². The van der Waals surface area contributed by atoms with Gasteiger partial charge in [-0.25, -0.2) is 0 Å². The van der Waals surface area contributed by atoms with Crippen LogP contribution in [0.2, 0.25) is 0 Å². The van der Waals surface area contributed by atoms with Crippen molar-refractivity contribution in [3.05, 3.63) is 33.9 Å². The first kappa shape index (κ1) is 15.4. The molecule has 1 aromatic carbocycles. The van der Waals surface area contributed by atoms with Crippen molar-refractivity contribution in [2.45, 2.75) is 32.9 Å². The lowest BCUT2D eigenvalue weighted by molar-refractivity contribution is -0.385. The Bertz CT molecular complexity index is 563. The van der Waals surface area contributed by atoms with Gasteiger partial charge >= 0.3 is 0 Å². The highest BCUT2D eigenvalue weighted by Crippen LogP contribution is 2.22. The zero-order valence-electron chi connectivity index (χ0n) is 11.5. The van der Waals surface area contributed by atoms with Crippen molar-refractivity contribution in [3.8, 4) is 6.07 Å². The number of amides is 1. The molecule has 0 fully saturated rings. The third-order valence-corrected chi connectivity index (χ3v) is 2.52. The zero-order chi connectivity index (χ0) is 15.3. The first-order valence-corrected chi connectivity index (χ1v) is 6.10. The fourth-order valence-electron chi connectivity index (χ4n) is 1.60. The van der Waals surface area contributed by atoms with Crippen molar-refractivity contribution >= 4 is 17.3 Å². The van der Waals surface area contributed by atoms with Gasteiger partial charge in [-0.3, -0.25) is 14.9 Å². The SMILES string of the molecule is CC(C)NC(=O)C(C)Nc1ccc([N+](=O)[O-])c(C#N)c1. The van der Waals surface area contributed by atoms with Crippen molar-refractivity contribution in [2.24, 2.45) is 0 Å². The van der Waals surface area contributed by atoms with Crippen LogP contribution in [-0.2, 0) is 4.79 Å². The fraction of sp³-hybridized carbons (Fsp3) is 0.385. The van der Waals surface area contributed by atoms with E-state index in [-0.39, 0.29) is 23.2 Å². The molecule has 0 spiro atoms. The number of nitrogens with one attached hydrogen (secondary N) is 2. The number of hydrogen-bond donors (Lipinski definition) is 2. The van der Waals surface area contributed by atoms with Gasteiger partial charge in [0, 0.05) is 17.8 Å². The molecule has 2 N–H and O–H groups in total. The van der Waals surface area contributed by atoms with Crippen molar-refractivity contribution in [2.75, 3.05) is 5.32 Å². The second-order valence-corrected chi connectivity index (χ2v) is 4.63. The smallest absolute Gasteiger partial charge is 0.287 e. The van der Waals surface area contributed by atoms with E-state index in [1.165, 1.54) is 18.2 Å². The summed E-state index contributed by atoms with van der Waals surface area (Å²) >= 11 is 0. The summed E-state index contributed by atoms with van der Waals surface area (Å²) in [5.41, 5.74) is 0.187. The fourth-order valence-corrected chi connectivity index (χ4v) is 1.60. The van der Waals surface area contributed by atoms with Crippen molar-refractivity contribution in [3.63, 3.8) is 0 Å².